The average Bonchev–Trinajstić information content (AvgIpc) is 3.35. The molecule has 1 fully saturated rings. The zero-order valence-corrected chi connectivity index (χ0v) is 13.1. The van der Waals surface area contributed by atoms with Gasteiger partial charge in [0.1, 0.15) is 5.82 Å². The predicted molar refractivity (Wildman–Crippen MR) is 86.1 cm³/mol. The first kappa shape index (κ1) is 14.0. The Morgan fingerprint density at radius 3 is 2.77 bits per heavy atom. The van der Waals surface area contributed by atoms with Crippen molar-refractivity contribution in [1.82, 2.24) is 14.9 Å². The van der Waals surface area contributed by atoms with Crippen LogP contribution in [-0.4, -0.2) is 21.4 Å². The Kier molecular flexibility index (Phi) is 3.51. The van der Waals surface area contributed by atoms with Crippen molar-refractivity contribution in [2.24, 2.45) is 0 Å². The third-order valence-corrected chi connectivity index (χ3v) is 4.70. The maximum atomic E-state index is 12.3. The summed E-state index contributed by atoms with van der Waals surface area (Å²) < 4.78 is 0. The van der Waals surface area contributed by atoms with E-state index in [2.05, 4.69) is 14.9 Å². The molecule has 0 atom stereocenters. The number of aromatic nitrogens is 2. The lowest BCUT2D eigenvalue weighted by atomic mass is 10.1. The summed E-state index contributed by atoms with van der Waals surface area (Å²) in [6, 6.07) is 7.89. The first-order valence-corrected chi connectivity index (χ1v) is 8.15. The van der Waals surface area contributed by atoms with Gasteiger partial charge in [-0.15, -0.1) is 0 Å². The number of halogens is 1. The number of hydrogen-bond acceptors (Lipinski definition) is 3. The van der Waals surface area contributed by atoms with E-state index in [9.17, 15) is 4.79 Å². The first-order chi connectivity index (χ1) is 10.7. The summed E-state index contributed by atoms with van der Waals surface area (Å²) in [6.07, 6.45) is 3.17. The molecular formula is C17H18ClN3O. The van der Waals surface area contributed by atoms with Crippen LogP contribution in [0.3, 0.4) is 0 Å². The lowest BCUT2D eigenvalue weighted by molar-refractivity contribution is 0.241. The van der Waals surface area contributed by atoms with Crippen molar-refractivity contribution in [2.45, 2.75) is 38.3 Å². The van der Waals surface area contributed by atoms with Crippen LogP contribution in [0, 0.1) is 0 Å². The SMILES string of the molecule is O=c1[nH]c(C2CC2)nc2c1CN(Cc1ccc(Cl)cc1)CC2. The van der Waals surface area contributed by atoms with Gasteiger partial charge in [0.15, 0.2) is 0 Å². The highest BCUT2D eigenvalue weighted by Gasteiger charge is 2.29. The molecular weight excluding hydrogens is 298 g/mol. The number of nitrogens with one attached hydrogen (secondary N) is 1. The van der Waals surface area contributed by atoms with Crippen molar-refractivity contribution in [1.29, 1.82) is 0 Å². The van der Waals surface area contributed by atoms with E-state index in [0.29, 0.717) is 12.5 Å². The van der Waals surface area contributed by atoms with Crippen molar-refractivity contribution >= 4 is 11.6 Å². The Bertz CT molecular complexity index is 749. The molecule has 5 heteroatoms. The fraction of sp³-hybridized carbons (Fsp3) is 0.412. The zero-order chi connectivity index (χ0) is 15.1. The second-order valence-corrected chi connectivity index (χ2v) is 6.67. The predicted octanol–water partition coefficient (Wildman–Crippen LogP) is 2.86. The van der Waals surface area contributed by atoms with Gasteiger partial charge in [-0.25, -0.2) is 4.98 Å². The molecule has 2 heterocycles. The van der Waals surface area contributed by atoms with Crippen LogP contribution in [0.15, 0.2) is 29.1 Å². The van der Waals surface area contributed by atoms with Gasteiger partial charge in [-0.2, -0.15) is 0 Å². The lowest BCUT2D eigenvalue weighted by Crippen LogP contribution is -2.35. The normalized spacial score (nSPS) is 18.2. The summed E-state index contributed by atoms with van der Waals surface area (Å²) in [5.41, 5.74) is 3.10. The standard InChI is InChI=1S/C17H18ClN3O/c18-13-5-1-11(2-6-13)9-21-8-7-15-14(10-21)17(22)20-16(19-15)12-3-4-12/h1-2,5-6,12H,3-4,7-10H2,(H,19,20,22). The highest BCUT2D eigenvalue weighted by molar-refractivity contribution is 6.30. The Hall–Kier alpha value is -1.65. The minimum atomic E-state index is 0.0488. The summed E-state index contributed by atoms with van der Waals surface area (Å²) in [7, 11) is 0. The summed E-state index contributed by atoms with van der Waals surface area (Å²) in [6.45, 7) is 2.45. The van der Waals surface area contributed by atoms with Gasteiger partial charge in [-0.3, -0.25) is 9.69 Å². The monoisotopic (exact) mass is 315 g/mol. The van der Waals surface area contributed by atoms with E-state index < -0.39 is 0 Å². The van der Waals surface area contributed by atoms with Crippen LogP contribution in [0.1, 0.15) is 41.4 Å². The van der Waals surface area contributed by atoms with E-state index in [1.165, 1.54) is 5.56 Å². The van der Waals surface area contributed by atoms with Gasteiger partial charge in [0.05, 0.1) is 11.3 Å². The molecule has 2 aromatic rings. The Labute approximate surface area is 134 Å². The van der Waals surface area contributed by atoms with E-state index in [1.807, 2.05) is 24.3 Å². The number of aromatic amines is 1. The fourth-order valence-corrected chi connectivity index (χ4v) is 3.16. The van der Waals surface area contributed by atoms with E-state index in [1.54, 1.807) is 0 Å². The molecule has 0 unspecified atom stereocenters. The smallest absolute Gasteiger partial charge is 0.255 e. The maximum absolute atomic E-state index is 12.3. The fourth-order valence-electron chi connectivity index (χ4n) is 3.03. The zero-order valence-electron chi connectivity index (χ0n) is 12.3. The number of rotatable bonds is 3. The van der Waals surface area contributed by atoms with Gasteiger partial charge in [0.2, 0.25) is 0 Å². The Balaban J connectivity index is 1.53. The highest BCUT2D eigenvalue weighted by Crippen LogP contribution is 2.37. The second kappa shape index (κ2) is 5.52. The van der Waals surface area contributed by atoms with Gasteiger partial charge in [-0.05, 0) is 30.5 Å². The van der Waals surface area contributed by atoms with Gasteiger partial charge in [-0.1, -0.05) is 23.7 Å². The van der Waals surface area contributed by atoms with E-state index >= 15 is 0 Å². The van der Waals surface area contributed by atoms with Crippen LogP contribution >= 0.6 is 11.6 Å². The van der Waals surface area contributed by atoms with Crippen LogP contribution in [0.25, 0.3) is 0 Å². The van der Waals surface area contributed by atoms with Crippen molar-refractivity contribution in [3.63, 3.8) is 0 Å². The lowest BCUT2D eigenvalue weighted by Gasteiger charge is -2.27. The molecule has 0 radical (unpaired) electrons. The number of fused-ring (bicyclic) bond motifs is 1. The van der Waals surface area contributed by atoms with Gasteiger partial charge in [0.25, 0.3) is 5.56 Å². The molecule has 4 nitrogen and oxygen atoms in total. The molecule has 114 valence electrons. The van der Waals surface area contributed by atoms with Gasteiger partial charge < -0.3 is 4.98 Å². The number of hydrogen-bond donors (Lipinski definition) is 1. The molecule has 1 aromatic heterocycles. The van der Waals surface area contributed by atoms with Crippen molar-refractivity contribution < 1.29 is 0 Å². The van der Waals surface area contributed by atoms with Crippen molar-refractivity contribution in [2.75, 3.05) is 6.54 Å². The summed E-state index contributed by atoms with van der Waals surface area (Å²) >= 11 is 5.92. The molecule has 0 saturated heterocycles. The molecule has 0 spiro atoms. The summed E-state index contributed by atoms with van der Waals surface area (Å²) in [4.78, 5) is 22.3. The minimum Gasteiger partial charge on any atom is -0.310 e. The maximum Gasteiger partial charge on any atom is 0.255 e. The third kappa shape index (κ3) is 2.81. The van der Waals surface area contributed by atoms with Crippen LogP contribution in [-0.2, 0) is 19.5 Å². The van der Waals surface area contributed by atoms with Crippen LogP contribution in [0.5, 0.6) is 0 Å². The molecule has 22 heavy (non-hydrogen) atoms. The number of H-pyrrole nitrogens is 1. The molecule has 1 N–H and O–H groups in total. The topological polar surface area (TPSA) is 49.0 Å². The van der Waals surface area contributed by atoms with Gasteiger partial charge >= 0.3 is 0 Å². The molecule has 1 aliphatic carbocycles. The van der Waals surface area contributed by atoms with Gasteiger partial charge in [0, 0.05) is 37.0 Å². The molecule has 1 aliphatic heterocycles. The molecule has 2 aliphatic rings. The number of nitrogens with zero attached hydrogens (tertiary/aromatic N) is 2. The molecule has 1 saturated carbocycles. The average molecular weight is 316 g/mol. The number of benzene rings is 1. The Morgan fingerprint density at radius 1 is 1.27 bits per heavy atom. The quantitative estimate of drug-likeness (QED) is 0.947. The van der Waals surface area contributed by atoms with E-state index in [0.717, 1.165) is 54.5 Å². The molecule has 0 amide bonds. The van der Waals surface area contributed by atoms with Crippen LogP contribution in [0.2, 0.25) is 5.02 Å². The summed E-state index contributed by atoms with van der Waals surface area (Å²) in [5.74, 6) is 1.39. The third-order valence-electron chi connectivity index (χ3n) is 4.45. The summed E-state index contributed by atoms with van der Waals surface area (Å²) in [5, 5.41) is 0.751. The van der Waals surface area contributed by atoms with Crippen molar-refractivity contribution in [3.05, 3.63) is 62.3 Å². The van der Waals surface area contributed by atoms with Crippen LogP contribution < -0.4 is 5.56 Å². The van der Waals surface area contributed by atoms with Crippen molar-refractivity contribution in [3.8, 4) is 0 Å². The molecule has 0 bridgehead atoms. The molecule has 1 aromatic carbocycles. The highest BCUT2D eigenvalue weighted by atomic mass is 35.5. The largest absolute Gasteiger partial charge is 0.310 e. The second-order valence-electron chi connectivity index (χ2n) is 6.24. The molecule has 4 rings (SSSR count). The minimum absolute atomic E-state index is 0.0488. The Morgan fingerprint density at radius 2 is 2.05 bits per heavy atom. The van der Waals surface area contributed by atoms with E-state index in [-0.39, 0.29) is 5.56 Å². The van der Waals surface area contributed by atoms with Crippen LogP contribution in [0.4, 0.5) is 0 Å². The first-order valence-electron chi connectivity index (χ1n) is 7.78. The van der Waals surface area contributed by atoms with E-state index in [4.69, 9.17) is 11.6 Å².